The molecule has 0 radical (unpaired) electrons. The maximum atomic E-state index is 9.53. The lowest BCUT2D eigenvalue weighted by atomic mass is 9.76. The highest BCUT2D eigenvalue weighted by Gasteiger charge is 2.36. The summed E-state index contributed by atoms with van der Waals surface area (Å²) >= 11 is 1.82. The third-order valence-electron chi connectivity index (χ3n) is 4.11. The summed E-state index contributed by atoms with van der Waals surface area (Å²) in [6.07, 6.45) is 4.03. The molecule has 1 aliphatic heterocycles. The summed E-state index contributed by atoms with van der Waals surface area (Å²) in [5, 5.41) is 15.5. The van der Waals surface area contributed by atoms with E-state index in [1.54, 1.807) is 0 Å². The molecule has 0 spiro atoms. The number of aliphatic hydroxyl groups is 1. The first-order valence-corrected chi connectivity index (χ1v) is 7.76. The average molecular weight is 267 g/mol. The Morgan fingerprint density at radius 1 is 1.33 bits per heavy atom. The Kier molecular flexibility index (Phi) is 3.99. The first kappa shape index (κ1) is 12.6. The highest BCUT2D eigenvalue weighted by Crippen LogP contribution is 2.40. The van der Waals surface area contributed by atoms with Crippen LogP contribution in [0.1, 0.15) is 36.6 Å². The molecule has 0 aromatic carbocycles. The van der Waals surface area contributed by atoms with E-state index in [-0.39, 0.29) is 6.10 Å². The van der Waals surface area contributed by atoms with Crippen molar-refractivity contribution in [2.75, 3.05) is 13.2 Å². The lowest BCUT2D eigenvalue weighted by molar-refractivity contribution is 0.0153. The van der Waals surface area contributed by atoms with Crippen molar-refractivity contribution >= 4 is 11.3 Å². The van der Waals surface area contributed by atoms with Crippen LogP contribution >= 0.6 is 11.3 Å². The van der Waals surface area contributed by atoms with E-state index in [2.05, 4.69) is 22.8 Å². The molecule has 100 valence electrons. The van der Waals surface area contributed by atoms with E-state index in [9.17, 15) is 5.11 Å². The highest BCUT2D eigenvalue weighted by molar-refractivity contribution is 7.10. The first-order valence-electron chi connectivity index (χ1n) is 6.88. The second kappa shape index (κ2) is 5.70. The predicted octanol–water partition coefficient (Wildman–Crippen LogP) is 2.33. The van der Waals surface area contributed by atoms with Gasteiger partial charge in [0.1, 0.15) is 0 Å². The average Bonchev–Trinajstić information content (AvgIpc) is 2.87. The number of nitrogens with one attached hydrogen (secondary N) is 1. The lowest BCUT2D eigenvalue weighted by Crippen LogP contribution is -2.44. The number of ether oxygens (including phenoxy) is 1. The van der Waals surface area contributed by atoms with Crippen LogP contribution in [0.3, 0.4) is 0 Å². The molecule has 1 aliphatic carbocycles. The highest BCUT2D eigenvalue weighted by atomic mass is 32.1. The van der Waals surface area contributed by atoms with E-state index in [0.29, 0.717) is 18.0 Å². The molecule has 0 bridgehead atoms. The second-order valence-electron chi connectivity index (χ2n) is 5.43. The summed E-state index contributed by atoms with van der Waals surface area (Å²) in [5.74, 6) is 0.599. The molecular weight excluding hydrogens is 246 g/mol. The van der Waals surface area contributed by atoms with Crippen LogP contribution in [0, 0.1) is 5.92 Å². The molecule has 4 heteroatoms. The van der Waals surface area contributed by atoms with Gasteiger partial charge >= 0.3 is 0 Å². The molecule has 18 heavy (non-hydrogen) atoms. The Morgan fingerprint density at radius 2 is 2.11 bits per heavy atom. The summed E-state index contributed by atoms with van der Waals surface area (Å²) in [7, 11) is 0. The Morgan fingerprint density at radius 3 is 2.72 bits per heavy atom. The summed E-state index contributed by atoms with van der Waals surface area (Å²) < 4.78 is 5.41. The van der Waals surface area contributed by atoms with Crippen molar-refractivity contribution in [1.82, 2.24) is 5.32 Å². The number of hydrogen-bond donors (Lipinski definition) is 2. The van der Waals surface area contributed by atoms with Crippen molar-refractivity contribution in [3.8, 4) is 0 Å². The Balaban J connectivity index is 1.65. The second-order valence-corrected chi connectivity index (χ2v) is 6.41. The van der Waals surface area contributed by atoms with Crippen LogP contribution in [0.2, 0.25) is 0 Å². The van der Waals surface area contributed by atoms with Gasteiger partial charge in [-0.1, -0.05) is 6.07 Å². The van der Waals surface area contributed by atoms with Gasteiger partial charge in [0.05, 0.1) is 6.10 Å². The van der Waals surface area contributed by atoms with E-state index in [4.69, 9.17) is 4.74 Å². The van der Waals surface area contributed by atoms with Crippen LogP contribution < -0.4 is 5.32 Å². The van der Waals surface area contributed by atoms with Crippen LogP contribution in [0.15, 0.2) is 17.5 Å². The molecule has 1 aromatic heterocycles. The molecule has 2 heterocycles. The maximum absolute atomic E-state index is 9.53. The van der Waals surface area contributed by atoms with Gasteiger partial charge in [0.25, 0.3) is 0 Å². The van der Waals surface area contributed by atoms with Gasteiger partial charge < -0.3 is 15.2 Å². The van der Waals surface area contributed by atoms with Gasteiger partial charge in [0.15, 0.2) is 0 Å². The van der Waals surface area contributed by atoms with E-state index >= 15 is 0 Å². The van der Waals surface area contributed by atoms with E-state index in [1.165, 1.54) is 4.88 Å². The third-order valence-corrected chi connectivity index (χ3v) is 5.06. The van der Waals surface area contributed by atoms with Crippen molar-refractivity contribution in [3.63, 3.8) is 0 Å². The molecule has 2 N–H and O–H groups in total. The van der Waals surface area contributed by atoms with Gasteiger partial charge in [0, 0.05) is 30.2 Å². The molecule has 1 atom stereocenters. The standard InChI is InChI=1S/C14H21NO2S/c16-12-8-10(9-12)14(13-2-1-7-18-13)15-11-3-5-17-6-4-11/h1-2,7,10-12,14-16H,3-6,8-9H2/t10?,12?,14-/m1/s1. The zero-order valence-electron chi connectivity index (χ0n) is 10.5. The molecular formula is C14H21NO2S. The van der Waals surface area contributed by atoms with Crippen LogP contribution in [0.4, 0.5) is 0 Å². The largest absolute Gasteiger partial charge is 0.393 e. The number of aliphatic hydroxyl groups excluding tert-OH is 1. The van der Waals surface area contributed by atoms with Gasteiger partial charge in [-0.25, -0.2) is 0 Å². The molecule has 0 unspecified atom stereocenters. The predicted molar refractivity (Wildman–Crippen MR) is 72.8 cm³/mol. The maximum Gasteiger partial charge on any atom is 0.0547 e. The minimum absolute atomic E-state index is 0.0750. The molecule has 1 aromatic rings. The van der Waals surface area contributed by atoms with Gasteiger partial charge in [-0.2, -0.15) is 0 Å². The fourth-order valence-electron chi connectivity index (χ4n) is 2.94. The Hall–Kier alpha value is -0.420. The quantitative estimate of drug-likeness (QED) is 0.880. The fraction of sp³-hybridized carbons (Fsp3) is 0.714. The topological polar surface area (TPSA) is 41.5 Å². The van der Waals surface area contributed by atoms with Crippen molar-refractivity contribution < 1.29 is 9.84 Å². The number of hydrogen-bond acceptors (Lipinski definition) is 4. The van der Waals surface area contributed by atoms with Crippen molar-refractivity contribution in [1.29, 1.82) is 0 Å². The lowest BCUT2D eigenvalue weighted by Gasteiger charge is -2.40. The molecule has 1 saturated carbocycles. The SMILES string of the molecule is OC1CC([C@@H](NC2CCOCC2)c2cccs2)C1. The Bertz CT molecular complexity index is 356. The monoisotopic (exact) mass is 267 g/mol. The number of rotatable bonds is 4. The molecule has 2 fully saturated rings. The zero-order chi connectivity index (χ0) is 12.4. The van der Waals surface area contributed by atoms with Gasteiger partial charge in [-0.3, -0.25) is 0 Å². The van der Waals surface area contributed by atoms with E-state index in [0.717, 1.165) is 38.9 Å². The summed E-state index contributed by atoms with van der Waals surface area (Å²) in [5.41, 5.74) is 0. The van der Waals surface area contributed by atoms with Crippen LogP contribution in [-0.4, -0.2) is 30.5 Å². The van der Waals surface area contributed by atoms with Crippen molar-refractivity contribution in [2.45, 2.75) is 43.9 Å². The normalized spacial score (nSPS) is 30.9. The van der Waals surface area contributed by atoms with E-state index < -0.39 is 0 Å². The van der Waals surface area contributed by atoms with Gasteiger partial charge in [0.2, 0.25) is 0 Å². The van der Waals surface area contributed by atoms with Crippen molar-refractivity contribution in [3.05, 3.63) is 22.4 Å². The third kappa shape index (κ3) is 2.77. The van der Waals surface area contributed by atoms with Crippen molar-refractivity contribution in [2.24, 2.45) is 5.92 Å². The fourth-order valence-corrected chi connectivity index (χ4v) is 3.82. The summed E-state index contributed by atoms with van der Waals surface area (Å²) in [4.78, 5) is 1.42. The first-order chi connectivity index (χ1) is 8.83. The van der Waals surface area contributed by atoms with E-state index in [1.807, 2.05) is 11.3 Å². The van der Waals surface area contributed by atoms with Crippen LogP contribution in [-0.2, 0) is 4.74 Å². The molecule has 2 aliphatic rings. The summed E-state index contributed by atoms with van der Waals surface area (Å²) in [6, 6.07) is 5.33. The minimum atomic E-state index is -0.0750. The summed E-state index contributed by atoms with van der Waals surface area (Å²) in [6.45, 7) is 1.75. The smallest absolute Gasteiger partial charge is 0.0547 e. The molecule has 3 rings (SSSR count). The molecule has 1 saturated heterocycles. The molecule has 3 nitrogen and oxygen atoms in total. The van der Waals surface area contributed by atoms with Gasteiger partial charge in [-0.15, -0.1) is 11.3 Å². The van der Waals surface area contributed by atoms with Gasteiger partial charge in [-0.05, 0) is 43.0 Å². The zero-order valence-corrected chi connectivity index (χ0v) is 11.4. The number of thiophene rings is 1. The van der Waals surface area contributed by atoms with Crippen LogP contribution in [0.5, 0.6) is 0 Å². The Labute approximate surface area is 112 Å². The molecule has 0 amide bonds. The minimum Gasteiger partial charge on any atom is -0.393 e. The van der Waals surface area contributed by atoms with Crippen LogP contribution in [0.25, 0.3) is 0 Å².